The lowest BCUT2D eigenvalue weighted by Crippen LogP contribution is -2.70. The summed E-state index contributed by atoms with van der Waals surface area (Å²) in [4.78, 5) is 42.1. The average Bonchev–Trinajstić information content (AvgIpc) is 3.15. The first-order valence-corrected chi connectivity index (χ1v) is 9.48. The van der Waals surface area contributed by atoms with Crippen molar-refractivity contribution in [2.75, 3.05) is 11.5 Å². The molecule has 0 aromatic carbocycles. The van der Waals surface area contributed by atoms with Crippen LogP contribution in [0, 0.1) is 0 Å². The van der Waals surface area contributed by atoms with Crippen LogP contribution in [0.2, 0.25) is 0 Å². The summed E-state index contributed by atoms with van der Waals surface area (Å²) in [6, 6.07) is -0.835. The molecule has 0 radical (unpaired) electrons. The molecule has 3 atom stereocenters. The molecule has 1 aromatic heterocycles. The van der Waals surface area contributed by atoms with Gasteiger partial charge in [-0.3, -0.25) is 14.5 Å². The van der Waals surface area contributed by atoms with E-state index in [9.17, 15) is 14.4 Å². The molecule has 3 aliphatic rings. The van der Waals surface area contributed by atoms with Gasteiger partial charge in [-0.1, -0.05) is 5.16 Å². The SMILES string of the molecule is CC1OC(=O)C2=C1CSC1C(NC(=O)/C(=N/O)c3csc(N)n3)C(=O)N21. The van der Waals surface area contributed by atoms with Crippen molar-refractivity contribution in [3.05, 3.63) is 22.3 Å². The number of oxime groups is 1. The van der Waals surface area contributed by atoms with Crippen molar-refractivity contribution in [3.63, 3.8) is 0 Å². The molecule has 4 rings (SSSR count). The predicted molar refractivity (Wildman–Crippen MR) is 92.5 cm³/mol. The largest absolute Gasteiger partial charge is 0.453 e. The van der Waals surface area contributed by atoms with Gasteiger partial charge in [0.25, 0.3) is 11.8 Å². The van der Waals surface area contributed by atoms with Crippen molar-refractivity contribution in [2.24, 2.45) is 5.16 Å². The Bertz CT molecular complexity index is 894. The van der Waals surface area contributed by atoms with E-state index in [1.807, 2.05) is 0 Å². The van der Waals surface area contributed by atoms with Gasteiger partial charge in [0.2, 0.25) is 0 Å². The third kappa shape index (κ3) is 2.36. The molecular weight excluding hydrogens is 382 g/mol. The number of esters is 1. The van der Waals surface area contributed by atoms with Crippen LogP contribution in [0.5, 0.6) is 0 Å². The number of carbonyl (C=O) groups is 3. The number of nitrogens with zero attached hydrogens (tertiary/aromatic N) is 3. The molecule has 0 saturated carbocycles. The minimum atomic E-state index is -0.835. The van der Waals surface area contributed by atoms with Gasteiger partial charge in [0.15, 0.2) is 10.8 Å². The summed E-state index contributed by atoms with van der Waals surface area (Å²) < 4.78 is 5.16. The quantitative estimate of drug-likeness (QED) is 0.204. The molecule has 2 amide bonds. The molecule has 0 bridgehead atoms. The average molecular weight is 395 g/mol. The van der Waals surface area contributed by atoms with Crippen molar-refractivity contribution < 1.29 is 24.3 Å². The zero-order valence-electron chi connectivity index (χ0n) is 13.3. The van der Waals surface area contributed by atoms with E-state index in [1.165, 1.54) is 22.0 Å². The van der Waals surface area contributed by atoms with Crippen LogP contribution in [0.1, 0.15) is 12.6 Å². The number of amides is 2. The monoisotopic (exact) mass is 395 g/mol. The summed E-state index contributed by atoms with van der Waals surface area (Å²) in [5.41, 5.74) is 6.36. The molecule has 1 aromatic rings. The fourth-order valence-corrected chi connectivity index (χ4v) is 5.05. The standard InChI is InChI=1S/C14H13N5O5S2/c1-4-5-2-25-12-8(11(21)19(12)9(5)13(22)24-4)17-10(20)7(18-23)6-3-26-14(15)16-6/h3-4,8,12,23H,2H2,1H3,(H2,15,16)(H,17,20)/b18-7+. The van der Waals surface area contributed by atoms with Gasteiger partial charge in [0, 0.05) is 16.7 Å². The molecule has 3 aliphatic heterocycles. The van der Waals surface area contributed by atoms with Gasteiger partial charge in [0.1, 0.15) is 28.9 Å². The second-order valence-electron chi connectivity index (χ2n) is 5.80. The van der Waals surface area contributed by atoms with Crippen LogP contribution in [0.3, 0.4) is 0 Å². The normalized spacial score (nSPS) is 27.7. The highest BCUT2D eigenvalue weighted by molar-refractivity contribution is 8.00. The number of aromatic nitrogens is 1. The fraction of sp³-hybridized carbons (Fsp3) is 0.357. The van der Waals surface area contributed by atoms with Crippen LogP contribution in [-0.4, -0.2) is 61.9 Å². The number of carbonyl (C=O) groups excluding carboxylic acids is 3. The van der Waals surface area contributed by atoms with Gasteiger partial charge in [-0.05, 0) is 6.92 Å². The molecule has 4 N–H and O–H groups in total. The lowest BCUT2D eigenvalue weighted by Gasteiger charge is -2.48. The van der Waals surface area contributed by atoms with Crippen LogP contribution in [-0.2, 0) is 19.1 Å². The van der Waals surface area contributed by atoms with Gasteiger partial charge < -0.3 is 21.0 Å². The second-order valence-corrected chi connectivity index (χ2v) is 7.80. The third-order valence-electron chi connectivity index (χ3n) is 4.33. The van der Waals surface area contributed by atoms with E-state index in [-0.39, 0.29) is 28.3 Å². The predicted octanol–water partition coefficient (Wildman–Crippen LogP) is -0.497. The number of rotatable bonds is 3. The molecule has 1 fully saturated rings. The Labute approximate surface area is 155 Å². The summed E-state index contributed by atoms with van der Waals surface area (Å²) >= 11 is 2.52. The summed E-state index contributed by atoms with van der Waals surface area (Å²) in [6.45, 7) is 1.76. The van der Waals surface area contributed by atoms with Crippen LogP contribution >= 0.6 is 23.1 Å². The molecule has 136 valence electrons. The smallest absolute Gasteiger partial charge is 0.355 e. The molecular formula is C14H13N5O5S2. The van der Waals surface area contributed by atoms with Crippen molar-refractivity contribution >= 4 is 51.7 Å². The Balaban J connectivity index is 1.51. The van der Waals surface area contributed by atoms with E-state index in [4.69, 9.17) is 15.7 Å². The van der Waals surface area contributed by atoms with E-state index in [2.05, 4.69) is 15.5 Å². The first kappa shape index (κ1) is 16.8. The zero-order chi connectivity index (χ0) is 18.6. The Morgan fingerprint density at radius 1 is 1.54 bits per heavy atom. The summed E-state index contributed by atoms with van der Waals surface area (Å²) in [7, 11) is 0. The van der Waals surface area contributed by atoms with Gasteiger partial charge >= 0.3 is 5.97 Å². The molecule has 1 saturated heterocycles. The van der Waals surface area contributed by atoms with Crippen LogP contribution in [0.25, 0.3) is 0 Å². The number of nitrogens with one attached hydrogen (secondary N) is 1. The first-order chi connectivity index (χ1) is 12.4. The fourth-order valence-electron chi connectivity index (χ4n) is 3.05. The maximum absolute atomic E-state index is 12.5. The Kier molecular flexibility index (Phi) is 3.88. The number of ether oxygens (including phenoxy) is 1. The Hall–Kier alpha value is -2.60. The van der Waals surface area contributed by atoms with Crippen molar-refractivity contribution in [1.82, 2.24) is 15.2 Å². The first-order valence-electron chi connectivity index (χ1n) is 7.55. The minimum absolute atomic E-state index is 0.116. The van der Waals surface area contributed by atoms with Crippen LogP contribution in [0.15, 0.2) is 21.8 Å². The van der Waals surface area contributed by atoms with Gasteiger partial charge in [0.05, 0.1) is 0 Å². The number of cyclic esters (lactones) is 1. The number of nitrogen functional groups attached to an aromatic ring is 1. The van der Waals surface area contributed by atoms with E-state index in [0.29, 0.717) is 5.75 Å². The number of hydrogen-bond donors (Lipinski definition) is 3. The lowest BCUT2D eigenvalue weighted by atomic mass is 10.0. The van der Waals surface area contributed by atoms with Crippen LogP contribution in [0.4, 0.5) is 5.13 Å². The maximum Gasteiger partial charge on any atom is 0.355 e. The van der Waals surface area contributed by atoms with Gasteiger partial charge in [-0.25, -0.2) is 9.78 Å². The molecule has 12 heteroatoms. The number of β-lactam (4-membered cyclic amide) rings is 1. The highest BCUT2D eigenvalue weighted by atomic mass is 32.2. The number of hydrogen-bond acceptors (Lipinski definition) is 10. The van der Waals surface area contributed by atoms with Crippen molar-refractivity contribution in [3.8, 4) is 0 Å². The minimum Gasteiger partial charge on any atom is -0.453 e. The lowest BCUT2D eigenvalue weighted by molar-refractivity contribution is -0.151. The van der Waals surface area contributed by atoms with Gasteiger partial charge in [-0.15, -0.1) is 23.1 Å². The van der Waals surface area contributed by atoms with E-state index in [0.717, 1.165) is 16.9 Å². The topological polar surface area (TPSA) is 147 Å². The molecule has 0 spiro atoms. The number of thioether (sulfide) groups is 1. The summed E-state index contributed by atoms with van der Waals surface area (Å²) in [6.07, 6.45) is -0.351. The van der Waals surface area contributed by atoms with E-state index >= 15 is 0 Å². The highest BCUT2D eigenvalue weighted by Crippen LogP contribution is 2.44. The second kappa shape index (κ2) is 5.99. The van der Waals surface area contributed by atoms with E-state index < -0.39 is 29.2 Å². The number of thiazole rings is 1. The molecule has 4 heterocycles. The zero-order valence-corrected chi connectivity index (χ0v) is 15.0. The number of fused-ring (bicyclic) bond motifs is 2. The summed E-state index contributed by atoms with van der Waals surface area (Å²) in [5.74, 6) is -1.15. The van der Waals surface area contributed by atoms with E-state index in [1.54, 1.807) is 6.92 Å². The van der Waals surface area contributed by atoms with Crippen molar-refractivity contribution in [1.29, 1.82) is 0 Å². The number of anilines is 1. The molecule has 0 aliphatic carbocycles. The van der Waals surface area contributed by atoms with Crippen molar-refractivity contribution in [2.45, 2.75) is 24.4 Å². The Morgan fingerprint density at radius 3 is 2.96 bits per heavy atom. The van der Waals surface area contributed by atoms with Crippen LogP contribution < -0.4 is 11.1 Å². The highest BCUT2D eigenvalue weighted by Gasteiger charge is 2.56. The molecule has 3 unspecified atom stereocenters. The summed E-state index contributed by atoms with van der Waals surface area (Å²) in [5, 5.41) is 15.9. The maximum atomic E-state index is 12.5. The molecule has 10 nitrogen and oxygen atoms in total. The third-order valence-corrected chi connectivity index (χ3v) is 6.31. The number of nitrogens with two attached hydrogens (primary N) is 1. The molecule has 26 heavy (non-hydrogen) atoms. The Morgan fingerprint density at radius 2 is 2.31 bits per heavy atom. The van der Waals surface area contributed by atoms with Gasteiger partial charge in [-0.2, -0.15) is 0 Å².